The highest BCUT2D eigenvalue weighted by atomic mass is 19.4. The van der Waals surface area contributed by atoms with Crippen molar-refractivity contribution in [2.75, 3.05) is 11.9 Å². The van der Waals surface area contributed by atoms with E-state index in [-0.39, 0.29) is 12.2 Å². The molecule has 1 unspecified atom stereocenters. The number of hydrogen-bond acceptors (Lipinski definition) is 5. The molecule has 11 heteroatoms. The minimum atomic E-state index is -4.81. The van der Waals surface area contributed by atoms with Crippen LogP contribution in [0.15, 0.2) is 64.2 Å². The molecule has 1 atom stereocenters. The van der Waals surface area contributed by atoms with Crippen molar-refractivity contribution in [3.8, 4) is 5.75 Å². The van der Waals surface area contributed by atoms with E-state index in [4.69, 9.17) is 4.52 Å². The topological polar surface area (TPSA) is 80.0 Å². The van der Waals surface area contributed by atoms with Crippen LogP contribution in [0.25, 0.3) is 0 Å². The second kappa shape index (κ2) is 8.33. The summed E-state index contributed by atoms with van der Waals surface area (Å²) < 4.78 is 59.4. The normalized spacial score (nSPS) is 16.1. The zero-order valence-corrected chi connectivity index (χ0v) is 16.6. The average molecular weight is 448 g/mol. The third-order valence-electron chi connectivity index (χ3n) is 4.62. The number of hydrazone groups is 1. The summed E-state index contributed by atoms with van der Waals surface area (Å²) in [6.07, 6.45) is -4.81. The van der Waals surface area contributed by atoms with Gasteiger partial charge in [0.2, 0.25) is 0 Å². The molecule has 166 valence electrons. The molecule has 0 fully saturated rings. The van der Waals surface area contributed by atoms with Crippen LogP contribution in [0.2, 0.25) is 0 Å². The van der Waals surface area contributed by atoms with E-state index in [0.717, 1.165) is 12.1 Å². The predicted molar refractivity (Wildman–Crippen MR) is 106 cm³/mol. The minimum Gasteiger partial charge on any atom is -0.406 e. The van der Waals surface area contributed by atoms with Gasteiger partial charge in [-0.1, -0.05) is 17.3 Å². The molecule has 32 heavy (non-hydrogen) atoms. The SMILES string of the molecule is Cc1cc(C2CN(C(=O)Nc3ccc(OC(F)(F)F)cc3)N=C2c2ccc(F)cc2)on1. The molecule has 2 amide bonds. The van der Waals surface area contributed by atoms with Crippen molar-refractivity contribution >= 4 is 17.4 Å². The van der Waals surface area contributed by atoms with Gasteiger partial charge in [-0.05, 0) is 48.9 Å². The second-order valence-corrected chi connectivity index (χ2v) is 7.00. The van der Waals surface area contributed by atoms with Gasteiger partial charge in [-0.15, -0.1) is 13.2 Å². The van der Waals surface area contributed by atoms with Gasteiger partial charge in [0, 0.05) is 11.8 Å². The van der Waals surface area contributed by atoms with Crippen molar-refractivity contribution in [2.45, 2.75) is 19.2 Å². The Morgan fingerprint density at radius 2 is 1.84 bits per heavy atom. The van der Waals surface area contributed by atoms with E-state index < -0.39 is 29.9 Å². The van der Waals surface area contributed by atoms with Crippen LogP contribution in [-0.2, 0) is 0 Å². The number of aromatic nitrogens is 1. The van der Waals surface area contributed by atoms with Gasteiger partial charge in [-0.2, -0.15) is 5.10 Å². The Morgan fingerprint density at radius 3 is 2.44 bits per heavy atom. The van der Waals surface area contributed by atoms with Crippen LogP contribution in [0.4, 0.5) is 28.0 Å². The van der Waals surface area contributed by atoms with Crippen molar-refractivity contribution in [1.29, 1.82) is 0 Å². The Kier molecular flexibility index (Phi) is 5.56. The summed E-state index contributed by atoms with van der Waals surface area (Å²) in [5.74, 6) is -0.759. The van der Waals surface area contributed by atoms with E-state index in [1.165, 1.54) is 29.3 Å². The summed E-state index contributed by atoms with van der Waals surface area (Å²) >= 11 is 0. The highest BCUT2D eigenvalue weighted by molar-refractivity contribution is 6.07. The van der Waals surface area contributed by atoms with Gasteiger partial charge in [0.05, 0.1) is 23.9 Å². The maximum absolute atomic E-state index is 13.3. The van der Waals surface area contributed by atoms with Crippen LogP contribution >= 0.6 is 0 Å². The number of benzene rings is 2. The molecule has 2 heterocycles. The third kappa shape index (κ3) is 4.88. The number of anilines is 1. The number of nitrogens with zero attached hydrogens (tertiary/aromatic N) is 3. The van der Waals surface area contributed by atoms with Crippen molar-refractivity contribution < 1.29 is 31.6 Å². The standard InChI is InChI=1S/C21H16F4N4O3/c1-12-10-18(32-28-12)17-11-29(27-19(17)13-2-4-14(22)5-3-13)20(30)26-15-6-8-16(9-7-15)31-21(23,24)25/h2-10,17H,11H2,1H3,(H,26,30). The number of aryl methyl sites for hydroxylation is 1. The molecule has 1 aromatic heterocycles. The van der Waals surface area contributed by atoms with Gasteiger partial charge in [0.15, 0.2) is 0 Å². The first kappa shape index (κ1) is 21.3. The molecule has 0 spiro atoms. The molecule has 1 N–H and O–H groups in total. The Labute approximate surface area is 179 Å². The van der Waals surface area contributed by atoms with Crippen molar-refractivity contribution in [3.63, 3.8) is 0 Å². The van der Waals surface area contributed by atoms with Gasteiger partial charge in [0.25, 0.3) is 0 Å². The van der Waals surface area contributed by atoms with Gasteiger partial charge in [0.1, 0.15) is 17.3 Å². The lowest BCUT2D eigenvalue weighted by Crippen LogP contribution is -2.30. The Balaban J connectivity index is 1.53. The fourth-order valence-corrected chi connectivity index (χ4v) is 3.21. The molecular weight excluding hydrogens is 432 g/mol. The number of amides is 2. The number of carbonyl (C=O) groups excluding carboxylic acids is 1. The van der Waals surface area contributed by atoms with Gasteiger partial charge in [-0.3, -0.25) is 0 Å². The molecule has 1 aliphatic rings. The highest BCUT2D eigenvalue weighted by Gasteiger charge is 2.35. The first-order chi connectivity index (χ1) is 15.2. The molecule has 0 saturated carbocycles. The monoisotopic (exact) mass is 448 g/mol. The van der Waals surface area contributed by atoms with Crippen molar-refractivity contribution in [2.24, 2.45) is 5.10 Å². The molecule has 0 bridgehead atoms. The molecule has 4 rings (SSSR count). The number of ether oxygens (including phenoxy) is 1. The molecular formula is C21H16F4N4O3. The van der Waals surface area contributed by atoms with Gasteiger partial charge in [-0.25, -0.2) is 14.2 Å². The van der Waals surface area contributed by atoms with Crippen LogP contribution in [-0.4, -0.2) is 34.8 Å². The van der Waals surface area contributed by atoms with Crippen molar-refractivity contribution in [3.05, 3.63) is 77.4 Å². The zero-order valence-electron chi connectivity index (χ0n) is 16.6. The van der Waals surface area contributed by atoms with E-state index in [1.54, 1.807) is 25.1 Å². The lowest BCUT2D eigenvalue weighted by Gasteiger charge is -2.15. The van der Waals surface area contributed by atoms with Crippen molar-refractivity contribution in [1.82, 2.24) is 10.2 Å². The Morgan fingerprint density at radius 1 is 1.16 bits per heavy atom. The van der Waals surface area contributed by atoms with E-state index in [2.05, 4.69) is 20.3 Å². The Hall–Kier alpha value is -3.89. The summed E-state index contributed by atoms with van der Waals surface area (Å²) in [6.45, 7) is 1.88. The highest BCUT2D eigenvalue weighted by Crippen LogP contribution is 2.30. The summed E-state index contributed by atoms with van der Waals surface area (Å²) in [7, 11) is 0. The second-order valence-electron chi connectivity index (χ2n) is 7.00. The molecule has 0 aliphatic carbocycles. The average Bonchev–Trinajstić information content (AvgIpc) is 3.35. The number of alkyl halides is 3. The van der Waals surface area contributed by atoms with E-state index in [1.807, 2.05) is 0 Å². The molecule has 0 radical (unpaired) electrons. The maximum Gasteiger partial charge on any atom is 0.573 e. The molecule has 0 saturated heterocycles. The van der Waals surface area contributed by atoms with E-state index in [0.29, 0.717) is 22.7 Å². The first-order valence-corrected chi connectivity index (χ1v) is 9.40. The fraction of sp³-hybridized carbons (Fsp3) is 0.190. The van der Waals surface area contributed by atoms with E-state index >= 15 is 0 Å². The number of hydrogen-bond donors (Lipinski definition) is 1. The van der Waals surface area contributed by atoms with E-state index in [9.17, 15) is 22.4 Å². The number of rotatable bonds is 4. The fourth-order valence-electron chi connectivity index (χ4n) is 3.21. The van der Waals surface area contributed by atoms with Gasteiger partial charge >= 0.3 is 12.4 Å². The van der Waals surface area contributed by atoms with Crippen LogP contribution in [0, 0.1) is 12.7 Å². The summed E-state index contributed by atoms with van der Waals surface area (Å²) in [5.41, 5.74) is 2.00. The largest absolute Gasteiger partial charge is 0.573 e. The zero-order chi connectivity index (χ0) is 22.9. The smallest absolute Gasteiger partial charge is 0.406 e. The number of urea groups is 1. The molecule has 2 aromatic carbocycles. The molecule has 7 nitrogen and oxygen atoms in total. The lowest BCUT2D eigenvalue weighted by atomic mass is 9.95. The quantitative estimate of drug-likeness (QED) is 0.566. The number of nitrogens with one attached hydrogen (secondary N) is 1. The third-order valence-corrected chi connectivity index (χ3v) is 4.62. The Bertz CT molecular complexity index is 1140. The summed E-state index contributed by atoms with van der Waals surface area (Å²) in [4.78, 5) is 12.7. The molecule has 3 aromatic rings. The van der Waals surface area contributed by atoms with Gasteiger partial charge < -0.3 is 14.6 Å². The minimum absolute atomic E-state index is 0.127. The number of halogens is 4. The van der Waals surface area contributed by atoms with Crippen LogP contribution in [0.1, 0.15) is 22.9 Å². The lowest BCUT2D eigenvalue weighted by molar-refractivity contribution is -0.274. The molecule has 1 aliphatic heterocycles. The summed E-state index contributed by atoms with van der Waals surface area (Å²) in [6, 6.07) is 11.5. The summed E-state index contributed by atoms with van der Waals surface area (Å²) in [5, 5.41) is 12.0. The predicted octanol–water partition coefficient (Wildman–Crippen LogP) is 5.06. The van der Waals surface area contributed by atoms with Crippen LogP contribution < -0.4 is 10.1 Å². The number of carbonyl (C=O) groups is 1. The maximum atomic E-state index is 13.3. The van der Waals surface area contributed by atoms with Crippen LogP contribution in [0.3, 0.4) is 0 Å². The van der Waals surface area contributed by atoms with Crippen LogP contribution in [0.5, 0.6) is 5.75 Å². The first-order valence-electron chi connectivity index (χ1n) is 9.40.